The molecular weight excluding hydrogens is 194 g/mol. The highest BCUT2D eigenvalue weighted by Gasteiger charge is 1.98. The number of nitrogens with two attached hydrogens (primary N) is 1. The summed E-state index contributed by atoms with van der Waals surface area (Å²) in [5.41, 5.74) is 6.65. The fourth-order valence-corrected chi connectivity index (χ4v) is 1.86. The summed E-state index contributed by atoms with van der Waals surface area (Å²) >= 11 is 1.74. The van der Waals surface area contributed by atoms with Crippen molar-refractivity contribution in [3.05, 3.63) is 24.3 Å². The molecule has 2 N–H and O–H groups in total. The Morgan fingerprint density at radius 1 is 1.36 bits per heavy atom. The minimum absolute atomic E-state index is 0.309. The van der Waals surface area contributed by atoms with Gasteiger partial charge < -0.3 is 10.5 Å². The molecule has 3 heteroatoms. The number of hydrogen-bond donors (Lipinski definition) is 1. The van der Waals surface area contributed by atoms with Gasteiger partial charge in [0.2, 0.25) is 0 Å². The minimum Gasteiger partial charge on any atom is -0.398 e. The lowest BCUT2D eigenvalue weighted by atomic mass is 10.3. The zero-order valence-electron chi connectivity index (χ0n) is 8.69. The number of benzene rings is 1. The molecule has 0 aliphatic carbocycles. The lowest BCUT2D eigenvalue weighted by molar-refractivity contribution is 0.0920. The Hall–Kier alpha value is -0.670. The van der Waals surface area contributed by atoms with Gasteiger partial charge in [-0.05, 0) is 26.0 Å². The number of thioether (sulfide) groups is 1. The summed E-state index contributed by atoms with van der Waals surface area (Å²) in [7, 11) is 0. The van der Waals surface area contributed by atoms with E-state index in [0.717, 1.165) is 22.9 Å². The van der Waals surface area contributed by atoms with E-state index in [2.05, 4.69) is 0 Å². The molecule has 0 saturated carbocycles. The van der Waals surface area contributed by atoms with Crippen molar-refractivity contribution in [3.8, 4) is 0 Å². The summed E-state index contributed by atoms with van der Waals surface area (Å²) in [5.74, 6) is 0.951. The van der Waals surface area contributed by atoms with Crippen molar-refractivity contribution in [2.75, 3.05) is 18.1 Å². The third kappa shape index (κ3) is 4.03. The third-order valence-electron chi connectivity index (χ3n) is 1.71. The number of hydrogen-bond acceptors (Lipinski definition) is 3. The Kier molecular flexibility index (Phi) is 4.84. The van der Waals surface area contributed by atoms with Crippen LogP contribution in [0.4, 0.5) is 5.69 Å². The lowest BCUT2D eigenvalue weighted by Gasteiger charge is -2.07. The SMILES string of the molecule is CC(C)OCCSc1ccccc1N. The number of para-hydroxylation sites is 1. The van der Waals surface area contributed by atoms with E-state index in [1.807, 2.05) is 38.1 Å². The minimum atomic E-state index is 0.309. The molecule has 0 unspecified atom stereocenters. The maximum Gasteiger partial charge on any atom is 0.0563 e. The molecule has 0 radical (unpaired) electrons. The van der Waals surface area contributed by atoms with Crippen LogP contribution in [0.15, 0.2) is 29.2 Å². The fraction of sp³-hybridized carbons (Fsp3) is 0.455. The first kappa shape index (κ1) is 11.4. The Bertz CT molecular complexity index is 276. The third-order valence-corrected chi connectivity index (χ3v) is 2.76. The van der Waals surface area contributed by atoms with Crippen molar-refractivity contribution in [2.24, 2.45) is 0 Å². The summed E-state index contributed by atoms with van der Waals surface area (Å²) in [6.07, 6.45) is 0.309. The van der Waals surface area contributed by atoms with Crippen LogP contribution in [-0.4, -0.2) is 18.5 Å². The van der Waals surface area contributed by atoms with Gasteiger partial charge in [0.25, 0.3) is 0 Å². The van der Waals surface area contributed by atoms with Gasteiger partial charge in [-0.1, -0.05) is 12.1 Å². The molecule has 14 heavy (non-hydrogen) atoms. The van der Waals surface area contributed by atoms with E-state index in [-0.39, 0.29) is 0 Å². The molecule has 0 spiro atoms. The normalized spacial score (nSPS) is 10.8. The van der Waals surface area contributed by atoms with Gasteiger partial charge in [0, 0.05) is 16.3 Å². The molecule has 0 bridgehead atoms. The summed E-state index contributed by atoms with van der Waals surface area (Å²) in [5, 5.41) is 0. The van der Waals surface area contributed by atoms with Gasteiger partial charge in [-0.15, -0.1) is 11.8 Å². The van der Waals surface area contributed by atoms with Crippen molar-refractivity contribution in [2.45, 2.75) is 24.8 Å². The molecule has 0 aromatic heterocycles. The monoisotopic (exact) mass is 211 g/mol. The van der Waals surface area contributed by atoms with Crippen molar-refractivity contribution < 1.29 is 4.74 Å². The number of ether oxygens (including phenoxy) is 1. The van der Waals surface area contributed by atoms with Crippen LogP contribution in [0.5, 0.6) is 0 Å². The molecular formula is C11H17NOS. The smallest absolute Gasteiger partial charge is 0.0563 e. The van der Waals surface area contributed by atoms with Crippen molar-refractivity contribution in [3.63, 3.8) is 0 Å². The van der Waals surface area contributed by atoms with Crippen LogP contribution in [0.2, 0.25) is 0 Å². The lowest BCUT2D eigenvalue weighted by Crippen LogP contribution is -2.05. The van der Waals surface area contributed by atoms with Gasteiger partial charge >= 0.3 is 0 Å². The fourth-order valence-electron chi connectivity index (χ4n) is 1.05. The van der Waals surface area contributed by atoms with E-state index in [9.17, 15) is 0 Å². The zero-order valence-corrected chi connectivity index (χ0v) is 9.51. The molecule has 1 rings (SSSR count). The van der Waals surface area contributed by atoms with E-state index in [0.29, 0.717) is 6.10 Å². The number of rotatable bonds is 5. The molecule has 0 fully saturated rings. The quantitative estimate of drug-likeness (QED) is 0.462. The van der Waals surface area contributed by atoms with Crippen molar-refractivity contribution in [1.82, 2.24) is 0 Å². The molecule has 0 aliphatic rings. The molecule has 2 nitrogen and oxygen atoms in total. The van der Waals surface area contributed by atoms with Gasteiger partial charge in [0.1, 0.15) is 0 Å². The molecule has 0 amide bonds. The molecule has 0 atom stereocenters. The largest absolute Gasteiger partial charge is 0.398 e. The molecule has 78 valence electrons. The van der Waals surface area contributed by atoms with Crippen molar-refractivity contribution in [1.29, 1.82) is 0 Å². The Morgan fingerprint density at radius 3 is 2.71 bits per heavy atom. The van der Waals surface area contributed by atoms with Crippen LogP contribution in [0, 0.1) is 0 Å². The molecule has 0 saturated heterocycles. The average Bonchev–Trinajstić information content (AvgIpc) is 2.15. The molecule has 0 heterocycles. The van der Waals surface area contributed by atoms with E-state index < -0.39 is 0 Å². The van der Waals surface area contributed by atoms with Gasteiger partial charge in [-0.25, -0.2) is 0 Å². The summed E-state index contributed by atoms with van der Waals surface area (Å²) in [4.78, 5) is 1.14. The number of nitrogen functional groups attached to an aromatic ring is 1. The van der Waals surface area contributed by atoms with Gasteiger partial charge in [0.15, 0.2) is 0 Å². The van der Waals surface area contributed by atoms with Crippen LogP contribution < -0.4 is 5.73 Å². The summed E-state index contributed by atoms with van der Waals surface area (Å²) < 4.78 is 5.44. The topological polar surface area (TPSA) is 35.2 Å². The van der Waals surface area contributed by atoms with Gasteiger partial charge in [-0.3, -0.25) is 0 Å². The van der Waals surface area contributed by atoms with Crippen LogP contribution in [0.3, 0.4) is 0 Å². The second kappa shape index (κ2) is 5.94. The van der Waals surface area contributed by atoms with Crippen LogP contribution in [0.25, 0.3) is 0 Å². The van der Waals surface area contributed by atoms with Crippen molar-refractivity contribution >= 4 is 17.4 Å². The van der Waals surface area contributed by atoms with Crippen LogP contribution in [-0.2, 0) is 4.74 Å². The predicted octanol–water partition coefficient (Wildman–Crippen LogP) is 2.79. The standard InChI is InChI=1S/C11H17NOS/c1-9(2)13-7-8-14-11-6-4-3-5-10(11)12/h3-6,9H,7-8,12H2,1-2H3. The van der Waals surface area contributed by atoms with Crippen LogP contribution in [0.1, 0.15) is 13.8 Å². The van der Waals surface area contributed by atoms with E-state index in [1.54, 1.807) is 11.8 Å². The maximum atomic E-state index is 5.80. The highest BCUT2D eigenvalue weighted by Crippen LogP contribution is 2.23. The number of anilines is 1. The predicted molar refractivity (Wildman–Crippen MR) is 62.7 cm³/mol. The van der Waals surface area contributed by atoms with Gasteiger partial charge in [0.05, 0.1) is 12.7 Å². The Balaban J connectivity index is 2.28. The Morgan fingerprint density at radius 2 is 2.07 bits per heavy atom. The van der Waals surface area contributed by atoms with E-state index in [4.69, 9.17) is 10.5 Å². The summed E-state index contributed by atoms with van der Waals surface area (Å²) in [6.45, 7) is 4.86. The second-order valence-electron chi connectivity index (χ2n) is 3.31. The molecule has 1 aromatic carbocycles. The van der Waals surface area contributed by atoms with Crippen LogP contribution >= 0.6 is 11.8 Å². The highest BCUT2D eigenvalue weighted by molar-refractivity contribution is 7.99. The maximum absolute atomic E-state index is 5.80. The molecule has 0 aliphatic heterocycles. The Labute approximate surface area is 89.8 Å². The first-order valence-electron chi connectivity index (χ1n) is 4.79. The zero-order chi connectivity index (χ0) is 10.4. The molecule has 1 aromatic rings. The van der Waals surface area contributed by atoms with E-state index in [1.165, 1.54) is 0 Å². The second-order valence-corrected chi connectivity index (χ2v) is 4.44. The first-order chi connectivity index (χ1) is 6.70. The average molecular weight is 211 g/mol. The van der Waals surface area contributed by atoms with Gasteiger partial charge in [-0.2, -0.15) is 0 Å². The first-order valence-corrected chi connectivity index (χ1v) is 5.77. The van der Waals surface area contributed by atoms with E-state index >= 15 is 0 Å². The summed E-state index contributed by atoms with van der Waals surface area (Å²) in [6, 6.07) is 7.91. The highest BCUT2D eigenvalue weighted by atomic mass is 32.2.